The molecule has 2 N–H and O–H groups in total. The normalized spacial score (nSPS) is 11.4. The summed E-state index contributed by atoms with van der Waals surface area (Å²) in [6, 6.07) is 20.6. The van der Waals surface area contributed by atoms with E-state index in [0.29, 0.717) is 18.1 Å². The number of alkyl halides is 3. The number of nitrogens with zero attached hydrogens (tertiary/aromatic N) is 2. The summed E-state index contributed by atoms with van der Waals surface area (Å²) in [6.07, 6.45) is -4.49. The van der Waals surface area contributed by atoms with Gasteiger partial charge in [-0.05, 0) is 48.5 Å². The Balaban J connectivity index is 1.49. The molecule has 4 rings (SSSR count). The van der Waals surface area contributed by atoms with E-state index in [2.05, 4.69) is 20.6 Å². The molecule has 31 heavy (non-hydrogen) atoms. The molecule has 0 radical (unpaired) electrons. The highest BCUT2D eigenvalue weighted by Gasteiger charge is 2.32. The molecule has 5 nitrogen and oxygen atoms in total. The molecule has 0 saturated carbocycles. The van der Waals surface area contributed by atoms with E-state index in [1.807, 2.05) is 42.5 Å². The number of fused-ring (bicyclic) bond motifs is 1. The molecule has 0 spiro atoms. The molecule has 158 valence electrons. The third kappa shape index (κ3) is 4.85. The SMILES string of the molecule is COc1ccccc1CNc1ccc2cc(Nc3cccc(C(F)(F)F)n3)ccc2n1. The van der Waals surface area contributed by atoms with Gasteiger partial charge < -0.3 is 15.4 Å². The number of hydrogen-bond acceptors (Lipinski definition) is 5. The predicted octanol–water partition coefficient (Wildman–Crippen LogP) is 6.01. The highest BCUT2D eigenvalue weighted by atomic mass is 19.4. The fraction of sp³-hybridized carbons (Fsp3) is 0.130. The van der Waals surface area contributed by atoms with Gasteiger partial charge in [-0.15, -0.1) is 0 Å². The van der Waals surface area contributed by atoms with Gasteiger partial charge in [-0.1, -0.05) is 24.3 Å². The minimum Gasteiger partial charge on any atom is -0.496 e. The molecule has 0 amide bonds. The van der Waals surface area contributed by atoms with Crippen molar-refractivity contribution in [3.8, 4) is 5.75 Å². The van der Waals surface area contributed by atoms with Crippen LogP contribution in [0.5, 0.6) is 5.75 Å². The lowest BCUT2D eigenvalue weighted by Crippen LogP contribution is -2.08. The Labute approximate surface area is 176 Å². The fourth-order valence-corrected chi connectivity index (χ4v) is 3.15. The molecule has 0 bridgehead atoms. The van der Waals surface area contributed by atoms with E-state index in [-0.39, 0.29) is 5.82 Å². The molecule has 0 unspecified atom stereocenters. The van der Waals surface area contributed by atoms with Crippen LogP contribution < -0.4 is 15.4 Å². The lowest BCUT2D eigenvalue weighted by Gasteiger charge is -2.12. The molecule has 0 fully saturated rings. The summed E-state index contributed by atoms with van der Waals surface area (Å²) in [5.41, 5.74) is 1.45. The predicted molar refractivity (Wildman–Crippen MR) is 115 cm³/mol. The first kappa shape index (κ1) is 20.5. The Morgan fingerprint density at radius 3 is 2.52 bits per heavy atom. The fourth-order valence-electron chi connectivity index (χ4n) is 3.15. The number of ether oxygens (including phenoxy) is 1. The third-order valence-corrected chi connectivity index (χ3v) is 4.65. The van der Waals surface area contributed by atoms with Crippen LogP contribution >= 0.6 is 0 Å². The van der Waals surface area contributed by atoms with E-state index in [0.717, 1.165) is 28.3 Å². The van der Waals surface area contributed by atoms with Crippen molar-refractivity contribution in [1.29, 1.82) is 0 Å². The minimum absolute atomic E-state index is 0.122. The highest BCUT2D eigenvalue weighted by Crippen LogP contribution is 2.29. The van der Waals surface area contributed by atoms with Crippen molar-refractivity contribution in [1.82, 2.24) is 9.97 Å². The molecule has 2 aromatic heterocycles. The number of methoxy groups -OCH3 is 1. The van der Waals surface area contributed by atoms with Crippen LogP contribution in [0, 0.1) is 0 Å². The molecule has 2 aromatic carbocycles. The molecule has 0 aliphatic rings. The lowest BCUT2D eigenvalue weighted by molar-refractivity contribution is -0.141. The summed E-state index contributed by atoms with van der Waals surface area (Å²) in [6.45, 7) is 0.559. The molecule has 0 saturated heterocycles. The van der Waals surface area contributed by atoms with Gasteiger partial charge in [0.1, 0.15) is 23.1 Å². The zero-order valence-electron chi connectivity index (χ0n) is 16.6. The summed E-state index contributed by atoms with van der Waals surface area (Å²) in [5.74, 6) is 1.63. The summed E-state index contributed by atoms with van der Waals surface area (Å²) in [5, 5.41) is 7.04. The molecule has 4 aromatic rings. The van der Waals surface area contributed by atoms with Crippen LogP contribution in [0.1, 0.15) is 11.3 Å². The Morgan fingerprint density at radius 1 is 0.871 bits per heavy atom. The number of para-hydroxylation sites is 1. The summed E-state index contributed by atoms with van der Waals surface area (Å²) in [7, 11) is 1.63. The summed E-state index contributed by atoms with van der Waals surface area (Å²) in [4.78, 5) is 8.22. The number of hydrogen-bond donors (Lipinski definition) is 2. The van der Waals surface area contributed by atoms with Crippen molar-refractivity contribution in [2.75, 3.05) is 17.7 Å². The summed E-state index contributed by atoms with van der Waals surface area (Å²) < 4.78 is 43.9. The maximum Gasteiger partial charge on any atom is 0.433 e. The van der Waals surface area contributed by atoms with Gasteiger partial charge in [-0.25, -0.2) is 9.97 Å². The van der Waals surface area contributed by atoms with Gasteiger partial charge in [-0.3, -0.25) is 0 Å². The second-order valence-electron chi connectivity index (χ2n) is 6.80. The van der Waals surface area contributed by atoms with Gasteiger partial charge in [-0.2, -0.15) is 13.2 Å². The Hall–Kier alpha value is -3.81. The first-order chi connectivity index (χ1) is 14.9. The number of anilines is 3. The van der Waals surface area contributed by atoms with Crippen LogP contribution in [0.3, 0.4) is 0 Å². The number of aromatic nitrogens is 2. The van der Waals surface area contributed by atoms with Gasteiger partial charge in [0.15, 0.2) is 0 Å². The minimum atomic E-state index is -4.49. The van der Waals surface area contributed by atoms with Gasteiger partial charge in [0.25, 0.3) is 0 Å². The zero-order valence-corrected chi connectivity index (χ0v) is 16.6. The number of benzene rings is 2. The molecule has 0 atom stereocenters. The number of rotatable bonds is 6. The lowest BCUT2D eigenvalue weighted by atomic mass is 10.2. The Kier molecular flexibility index (Phi) is 5.62. The monoisotopic (exact) mass is 424 g/mol. The standard InChI is InChI=1S/C23H19F3N4O/c1-31-19-6-3-2-5-16(19)14-27-21-12-9-15-13-17(10-11-18(15)29-21)28-22-8-4-7-20(30-22)23(24,25)26/h2-13H,14H2,1H3,(H,27,29)(H,28,30). The topological polar surface area (TPSA) is 59.1 Å². The van der Waals surface area contributed by atoms with Crippen LogP contribution in [0.2, 0.25) is 0 Å². The van der Waals surface area contributed by atoms with Crippen molar-refractivity contribution in [2.24, 2.45) is 0 Å². The van der Waals surface area contributed by atoms with Crippen LogP contribution in [0.4, 0.5) is 30.5 Å². The van der Waals surface area contributed by atoms with E-state index >= 15 is 0 Å². The van der Waals surface area contributed by atoms with Crippen molar-refractivity contribution in [3.63, 3.8) is 0 Å². The van der Waals surface area contributed by atoms with Crippen LogP contribution in [-0.2, 0) is 12.7 Å². The van der Waals surface area contributed by atoms with E-state index in [1.165, 1.54) is 12.1 Å². The Morgan fingerprint density at radius 2 is 1.71 bits per heavy atom. The van der Waals surface area contributed by atoms with Crippen molar-refractivity contribution in [2.45, 2.75) is 12.7 Å². The molecule has 8 heteroatoms. The maximum atomic E-state index is 12.9. The molecular weight excluding hydrogens is 405 g/mol. The second-order valence-corrected chi connectivity index (χ2v) is 6.80. The highest BCUT2D eigenvalue weighted by molar-refractivity contribution is 5.84. The Bertz CT molecular complexity index is 1210. The zero-order chi connectivity index (χ0) is 21.8. The first-order valence-electron chi connectivity index (χ1n) is 9.50. The average molecular weight is 424 g/mol. The second kappa shape index (κ2) is 8.51. The van der Waals surface area contributed by atoms with Gasteiger partial charge >= 0.3 is 6.18 Å². The smallest absolute Gasteiger partial charge is 0.433 e. The molecule has 2 heterocycles. The molecule has 0 aliphatic carbocycles. The van der Waals surface area contributed by atoms with E-state index in [4.69, 9.17) is 4.74 Å². The molecule has 0 aliphatic heterocycles. The quantitative estimate of drug-likeness (QED) is 0.397. The number of halogens is 3. The van der Waals surface area contributed by atoms with Gasteiger partial charge in [0.2, 0.25) is 0 Å². The van der Waals surface area contributed by atoms with E-state index < -0.39 is 11.9 Å². The van der Waals surface area contributed by atoms with Crippen LogP contribution in [0.25, 0.3) is 10.9 Å². The first-order valence-corrected chi connectivity index (χ1v) is 9.50. The molecular formula is C23H19F3N4O. The van der Waals surface area contributed by atoms with E-state index in [9.17, 15) is 13.2 Å². The van der Waals surface area contributed by atoms with Crippen molar-refractivity contribution >= 4 is 28.2 Å². The third-order valence-electron chi connectivity index (χ3n) is 4.65. The number of pyridine rings is 2. The van der Waals surface area contributed by atoms with Gasteiger partial charge in [0.05, 0.1) is 12.6 Å². The largest absolute Gasteiger partial charge is 0.496 e. The number of nitrogens with one attached hydrogen (secondary N) is 2. The maximum absolute atomic E-state index is 12.9. The van der Waals surface area contributed by atoms with Gasteiger partial charge in [0, 0.05) is 23.2 Å². The van der Waals surface area contributed by atoms with Crippen molar-refractivity contribution < 1.29 is 17.9 Å². The van der Waals surface area contributed by atoms with Crippen LogP contribution in [0.15, 0.2) is 72.8 Å². The van der Waals surface area contributed by atoms with Crippen LogP contribution in [-0.4, -0.2) is 17.1 Å². The van der Waals surface area contributed by atoms with Crippen molar-refractivity contribution in [3.05, 3.63) is 84.1 Å². The average Bonchev–Trinajstić information content (AvgIpc) is 2.77. The summed E-state index contributed by atoms with van der Waals surface area (Å²) >= 11 is 0. The van der Waals surface area contributed by atoms with E-state index in [1.54, 1.807) is 19.2 Å².